The summed E-state index contributed by atoms with van der Waals surface area (Å²) >= 11 is 0. The van der Waals surface area contributed by atoms with Gasteiger partial charge in [-0.2, -0.15) is 0 Å². The number of urea groups is 1. The molecule has 0 aliphatic carbocycles. The van der Waals surface area contributed by atoms with E-state index < -0.39 is 5.54 Å². The van der Waals surface area contributed by atoms with Crippen LogP contribution in [0.5, 0.6) is 0 Å². The van der Waals surface area contributed by atoms with Crippen LogP contribution in [0.25, 0.3) is 0 Å². The zero-order valence-corrected chi connectivity index (χ0v) is 15.1. The highest BCUT2D eigenvalue weighted by atomic mass is 16.2. The van der Waals surface area contributed by atoms with E-state index in [0.29, 0.717) is 16.8 Å². The van der Waals surface area contributed by atoms with Crippen molar-refractivity contribution >= 4 is 23.5 Å². The average Bonchev–Trinajstić information content (AvgIpc) is 2.73. The van der Waals surface area contributed by atoms with Crippen LogP contribution in [0.1, 0.15) is 67.2 Å². The zero-order valence-electron chi connectivity index (χ0n) is 15.1. The van der Waals surface area contributed by atoms with Gasteiger partial charge < -0.3 is 10.2 Å². The number of nitrogens with one attached hydrogen (secondary N) is 1. The lowest BCUT2D eigenvalue weighted by Gasteiger charge is -2.29. The molecule has 6 heteroatoms. The number of nitrogens with zero attached hydrogens (tertiary/aromatic N) is 2. The van der Waals surface area contributed by atoms with Crippen molar-refractivity contribution in [2.24, 2.45) is 0 Å². The molecule has 3 rings (SSSR count). The van der Waals surface area contributed by atoms with Crippen molar-refractivity contribution in [3.8, 4) is 0 Å². The third kappa shape index (κ3) is 3.38. The Morgan fingerprint density at radius 2 is 1.56 bits per heavy atom. The number of carbonyl (C=O) groups is 3. The van der Waals surface area contributed by atoms with E-state index in [0.717, 1.165) is 38.8 Å². The topological polar surface area (TPSA) is 69.7 Å². The van der Waals surface area contributed by atoms with Crippen LogP contribution >= 0.6 is 0 Å². The first-order valence-electron chi connectivity index (χ1n) is 8.88. The molecule has 0 spiro atoms. The Kier molecular flexibility index (Phi) is 4.54. The molecule has 0 bridgehead atoms. The largest absolute Gasteiger partial charge is 0.325 e. The number of hydrogen-bond acceptors (Lipinski definition) is 3. The Bertz CT molecular complexity index is 713. The highest BCUT2D eigenvalue weighted by Gasteiger charge is 2.41. The number of imide groups is 1. The number of likely N-dealkylation sites (tertiary alicyclic amines) is 1. The molecule has 0 atom stereocenters. The van der Waals surface area contributed by atoms with Gasteiger partial charge in [-0.05, 0) is 51.8 Å². The van der Waals surface area contributed by atoms with Gasteiger partial charge in [0.1, 0.15) is 0 Å². The van der Waals surface area contributed by atoms with Gasteiger partial charge in [-0.1, -0.05) is 12.8 Å². The fraction of sp³-hybridized carbons (Fsp3) is 0.526. The Morgan fingerprint density at radius 3 is 2.16 bits per heavy atom. The van der Waals surface area contributed by atoms with Crippen molar-refractivity contribution in [1.82, 2.24) is 9.80 Å². The van der Waals surface area contributed by atoms with Gasteiger partial charge in [-0.3, -0.25) is 14.5 Å². The molecule has 4 amide bonds. The molecule has 25 heavy (non-hydrogen) atoms. The number of benzene rings is 1. The molecule has 1 fully saturated rings. The van der Waals surface area contributed by atoms with E-state index in [2.05, 4.69) is 5.32 Å². The molecule has 2 aliphatic rings. The van der Waals surface area contributed by atoms with Crippen LogP contribution in [0.2, 0.25) is 0 Å². The second-order valence-corrected chi connectivity index (χ2v) is 7.71. The van der Waals surface area contributed by atoms with Gasteiger partial charge in [0.15, 0.2) is 0 Å². The Hall–Kier alpha value is -2.37. The summed E-state index contributed by atoms with van der Waals surface area (Å²) in [5.41, 5.74) is 0.717. The molecule has 1 aromatic carbocycles. The first-order chi connectivity index (χ1) is 11.8. The second-order valence-electron chi connectivity index (χ2n) is 7.71. The maximum absolute atomic E-state index is 12.6. The standard InChI is InChI=1S/C19H25N3O3/c1-19(2,3)22-16(23)14-9-8-13(12-15(14)17(22)24)20-18(25)21-10-6-4-5-7-11-21/h8-9,12H,4-7,10-11H2,1-3H3,(H,20,25). The molecule has 2 heterocycles. The summed E-state index contributed by atoms with van der Waals surface area (Å²) in [6.45, 7) is 7.00. The smallest absolute Gasteiger partial charge is 0.321 e. The normalized spacial score (nSPS) is 18.2. The first kappa shape index (κ1) is 17.5. The highest BCUT2D eigenvalue weighted by molar-refractivity contribution is 6.22. The van der Waals surface area contributed by atoms with Gasteiger partial charge >= 0.3 is 6.03 Å². The van der Waals surface area contributed by atoms with E-state index in [1.54, 1.807) is 18.2 Å². The van der Waals surface area contributed by atoms with Gasteiger partial charge in [0.2, 0.25) is 0 Å². The van der Waals surface area contributed by atoms with Crippen molar-refractivity contribution in [1.29, 1.82) is 0 Å². The average molecular weight is 343 g/mol. The van der Waals surface area contributed by atoms with Gasteiger partial charge in [-0.15, -0.1) is 0 Å². The summed E-state index contributed by atoms with van der Waals surface area (Å²) in [7, 11) is 0. The predicted octanol–water partition coefficient (Wildman–Crippen LogP) is 3.49. The lowest BCUT2D eigenvalue weighted by molar-refractivity contribution is 0.0507. The zero-order chi connectivity index (χ0) is 18.2. The summed E-state index contributed by atoms with van der Waals surface area (Å²) in [6, 6.07) is 4.77. The molecule has 0 unspecified atom stereocenters. The van der Waals surface area contributed by atoms with Gasteiger partial charge in [0.05, 0.1) is 11.1 Å². The minimum Gasteiger partial charge on any atom is -0.325 e. The van der Waals surface area contributed by atoms with Crippen LogP contribution in [0.3, 0.4) is 0 Å². The van der Waals surface area contributed by atoms with Gasteiger partial charge in [-0.25, -0.2) is 4.79 Å². The molecule has 2 aliphatic heterocycles. The maximum atomic E-state index is 12.6. The summed E-state index contributed by atoms with van der Waals surface area (Å²) in [4.78, 5) is 40.6. The Labute approximate surface area is 148 Å². The molecule has 134 valence electrons. The molecule has 0 aromatic heterocycles. The molecule has 1 saturated heterocycles. The van der Waals surface area contributed by atoms with E-state index in [9.17, 15) is 14.4 Å². The van der Waals surface area contributed by atoms with E-state index >= 15 is 0 Å². The minimum absolute atomic E-state index is 0.147. The Morgan fingerprint density at radius 1 is 0.960 bits per heavy atom. The summed E-state index contributed by atoms with van der Waals surface area (Å²) in [5, 5.41) is 2.86. The number of amides is 4. The number of anilines is 1. The molecular weight excluding hydrogens is 318 g/mol. The van der Waals surface area contributed by atoms with E-state index in [4.69, 9.17) is 0 Å². The lowest BCUT2D eigenvalue weighted by Crippen LogP contribution is -2.45. The number of hydrogen-bond donors (Lipinski definition) is 1. The fourth-order valence-corrected chi connectivity index (χ4v) is 3.40. The van der Waals surface area contributed by atoms with Crippen LogP contribution in [-0.4, -0.2) is 46.3 Å². The molecule has 0 saturated carbocycles. The molecule has 0 radical (unpaired) electrons. The first-order valence-corrected chi connectivity index (χ1v) is 8.88. The maximum Gasteiger partial charge on any atom is 0.321 e. The SMILES string of the molecule is CC(C)(C)N1C(=O)c2ccc(NC(=O)N3CCCCCC3)cc2C1=O. The quantitative estimate of drug-likeness (QED) is 0.794. The van der Waals surface area contributed by atoms with Gasteiger partial charge in [0, 0.05) is 24.3 Å². The molecule has 1 N–H and O–H groups in total. The van der Waals surface area contributed by atoms with Crippen molar-refractivity contribution in [2.75, 3.05) is 18.4 Å². The minimum atomic E-state index is -0.581. The van der Waals surface area contributed by atoms with Gasteiger partial charge in [0.25, 0.3) is 11.8 Å². The number of carbonyl (C=O) groups excluding carboxylic acids is 3. The summed E-state index contributed by atoms with van der Waals surface area (Å²) < 4.78 is 0. The van der Waals surface area contributed by atoms with Crippen LogP contribution in [0.15, 0.2) is 18.2 Å². The number of rotatable bonds is 1. The molecule has 1 aromatic rings. The van der Waals surface area contributed by atoms with Crippen molar-refractivity contribution in [3.63, 3.8) is 0 Å². The summed E-state index contributed by atoms with van der Waals surface area (Å²) in [5.74, 6) is -0.587. The van der Waals surface area contributed by atoms with E-state index in [1.807, 2.05) is 25.7 Å². The van der Waals surface area contributed by atoms with E-state index in [-0.39, 0.29) is 17.8 Å². The highest BCUT2D eigenvalue weighted by Crippen LogP contribution is 2.31. The monoisotopic (exact) mass is 343 g/mol. The summed E-state index contributed by atoms with van der Waals surface area (Å²) in [6.07, 6.45) is 4.35. The van der Waals surface area contributed by atoms with Crippen LogP contribution < -0.4 is 5.32 Å². The van der Waals surface area contributed by atoms with Crippen LogP contribution in [-0.2, 0) is 0 Å². The number of fused-ring (bicyclic) bond motifs is 1. The third-order valence-corrected chi connectivity index (χ3v) is 4.70. The van der Waals surface area contributed by atoms with Crippen molar-refractivity contribution in [3.05, 3.63) is 29.3 Å². The molecular formula is C19H25N3O3. The second kappa shape index (κ2) is 6.50. The fourth-order valence-electron chi connectivity index (χ4n) is 3.40. The third-order valence-electron chi connectivity index (χ3n) is 4.70. The van der Waals surface area contributed by atoms with Crippen molar-refractivity contribution < 1.29 is 14.4 Å². The van der Waals surface area contributed by atoms with Crippen LogP contribution in [0.4, 0.5) is 10.5 Å². The predicted molar refractivity (Wildman–Crippen MR) is 95.8 cm³/mol. The Balaban J connectivity index is 1.79. The van der Waals surface area contributed by atoms with Crippen molar-refractivity contribution in [2.45, 2.75) is 52.0 Å². The van der Waals surface area contributed by atoms with E-state index in [1.165, 1.54) is 4.90 Å². The van der Waals surface area contributed by atoms with Crippen LogP contribution in [0, 0.1) is 0 Å². The lowest BCUT2D eigenvalue weighted by atomic mass is 10.1. The molecule has 6 nitrogen and oxygen atoms in total.